The third-order valence-corrected chi connectivity index (χ3v) is 4.56. The van der Waals surface area contributed by atoms with E-state index in [1.165, 1.54) is 30.4 Å². The average Bonchev–Trinajstić information content (AvgIpc) is 2.96. The molecule has 26 heavy (non-hydrogen) atoms. The summed E-state index contributed by atoms with van der Waals surface area (Å²) in [5.74, 6) is -0.168. The molecule has 0 aliphatic carbocycles. The molecular weight excluding hydrogens is 324 g/mol. The number of likely N-dealkylation sites (N-methyl/N-ethyl adjacent to an activating group) is 1. The Balaban J connectivity index is 1.78. The Hall–Kier alpha value is -1.81. The number of benzene rings is 1. The lowest BCUT2D eigenvalue weighted by atomic mass is 10.0. The summed E-state index contributed by atoms with van der Waals surface area (Å²) in [5, 5.41) is 3.30. The van der Waals surface area contributed by atoms with Gasteiger partial charge in [0.15, 0.2) is 0 Å². The second-order valence-corrected chi connectivity index (χ2v) is 8.29. The normalized spacial score (nSPS) is 16.3. The number of hydrogen-bond acceptors (Lipinski definition) is 4. The molecule has 1 heterocycles. The molecule has 0 aromatic heterocycles. The molecule has 1 aliphatic rings. The molecule has 0 spiro atoms. The molecule has 1 aromatic carbocycles. The van der Waals surface area contributed by atoms with E-state index < -0.39 is 5.60 Å². The molecule has 0 amide bonds. The average molecular weight is 359 g/mol. The zero-order chi connectivity index (χ0) is 19.2. The number of unbranched alkanes of at least 4 members (excludes halogenated alkanes) is 2. The Labute approximate surface area is 158 Å². The Morgan fingerprint density at radius 3 is 2.81 bits per heavy atom. The van der Waals surface area contributed by atoms with Crippen molar-refractivity contribution < 1.29 is 9.53 Å². The predicted octanol–water partition coefficient (Wildman–Crippen LogP) is 4.20. The van der Waals surface area contributed by atoms with Crippen LogP contribution >= 0.6 is 0 Å². The standard InChI is InChI=1S/C22H34N2O2/c1-6-13-24(5)14-9-7-8-10-17-11-12-19-18(15-17)16-20(23-19)21(25)26-22(2,3)4/h6,11-12,15,20,23H,1,7-10,13-14,16H2,2-5H3. The van der Waals surface area contributed by atoms with Crippen molar-refractivity contribution in [3.63, 3.8) is 0 Å². The van der Waals surface area contributed by atoms with Crippen molar-refractivity contribution >= 4 is 11.7 Å². The summed E-state index contributed by atoms with van der Waals surface area (Å²) < 4.78 is 5.50. The first-order valence-electron chi connectivity index (χ1n) is 9.69. The number of aryl methyl sites for hydroxylation is 1. The number of nitrogens with one attached hydrogen (secondary N) is 1. The van der Waals surface area contributed by atoms with E-state index in [1.54, 1.807) is 0 Å². The molecule has 1 atom stereocenters. The van der Waals surface area contributed by atoms with E-state index in [0.717, 1.165) is 25.2 Å². The topological polar surface area (TPSA) is 41.6 Å². The number of esters is 1. The fourth-order valence-electron chi connectivity index (χ4n) is 3.29. The van der Waals surface area contributed by atoms with Gasteiger partial charge in [0.2, 0.25) is 0 Å². The summed E-state index contributed by atoms with van der Waals surface area (Å²) in [6.07, 6.45) is 7.40. The molecule has 1 aromatic rings. The van der Waals surface area contributed by atoms with Crippen LogP contribution in [0.15, 0.2) is 30.9 Å². The first-order valence-corrected chi connectivity index (χ1v) is 9.69. The van der Waals surface area contributed by atoms with Crippen LogP contribution in [0, 0.1) is 0 Å². The third-order valence-electron chi connectivity index (χ3n) is 4.56. The van der Waals surface area contributed by atoms with Crippen molar-refractivity contribution in [2.75, 3.05) is 25.5 Å². The quantitative estimate of drug-likeness (QED) is 0.408. The molecule has 0 saturated heterocycles. The molecule has 0 saturated carbocycles. The second-order valence-electron chi connectivity index (χ2n) is 8.29. The first-order chi connectivity index (χ1) is 12.3. The smallest absolute Gasteiger partial charge is 0.329 e. The highest BCUT2D eigenvalue weighted by Gasteiger charge is 2.30. The number of hydrogen-bond donors (Lipinski definition) is 1. The zero-order valence-electron chi connectivity index (χ0n) is 16.8. The first kappa shape index (κ1) is 20.5. The van der Waals surface area contributed by atoms with Gasteiger partial charge in [0.05, 0.1) is 0 Å². The van der Waals surface area contributed by atoms with Gasteiger partial charge in [0, 0.05) is 18.7 Å². The number of nitrogens with zero attached hydrogens (tertiary/aromatic N) is 1. The largest absolute Gasteiger partial charge is 0.458 e. The van der Waals surface area contributed by atoms with Gasteiger partial charge < -0.3 is 15.0 Å². The summed E-state index contributed by atoms with van der Waals surface area (Å²) in [6, 6.07) is 6.26. The van der Waals surface area contributed by atoms with Crippen molar-refractivity contribution in [1.82, 2.24) is 4.90 Å². The fourth-order valence-corrected chi connectivity index (χ4v) is 3.29. The minimum atomic E-state index is -0.446. The van der Waals surface area contributed by atoms with Crippen LogP contribution in [0.5, 0.6) is 0 Å². The minimum Gasteiger partial charge on any atom is -0.458 e. The van der Waals surface area contributed by atoms with Crippen molar-refractivity contribution in [1.29, 1.82) is 0 Å². The van der Waals surface area contributed by atoms with E-state index in [9.17, 15) is 4.79 Å². The molecule has 4 heteroatoms. The maximum Gasteiger partial charge on any atom is 0.329 e. The molecule has 1 aliphatic heterocycles. The molecular formula is C22H34N2O2. The molecule has 1 unspecified atom stereocenters. The van der Waals surface area contributed by atoms with Crippen molar-refractivity contribution in [3.05, 3.63) is 42.0 Å². The Morgan fingerprint density at radius 1 is 1.35 bits per heavy atom. The van der Waals surface area contributed by atoms with Crippen LogP contribution in [-0.4, -0.2) is 42.6 Å². The number of anilines is 1. The maximum atomic E-state index is 12.3. The number of carbonyl (C=O) groups excluding carboxylic acids is 1. The second kappa shape index (κ2) is 9.22. The summed E-state index contributed by atoms with van der Waals surface area (Å²) in [5.41, 5.74) is 3.20. The van der Waals surface area contributed by atoms with E-state index in [-0.39, 0.29) is 12.0 Å². The van der Waals surface area contributed by atoms with Crippen molar-refractivity contribution in [3.8, 4) is 0 Å². The molecule has 2 rings (SSSR count). The van der Waals surface area contributed by atoms with Crippen molar-refractivity contribution in [2.24, 2.45) is 0 Å². The van der Waals surface area contributed by atoms with E-state index in [4.69, 9.17) is 4.74 Å². The maximum absolute atomic E-state index is 12.3. The SMILES string of the molecule is C=CCN(C)CCCCCc1ccc2c(c1)CC(C(=O)OC(C)(C)C)N2. The molecule has 0 radical (unpaired) electrons. The number of carbonyl (C=O) groups is 1. The predicted molar refractivity (Wildman–Crippen MR) is 109 cm³/mol. The highest BCUT2D eigenvalue weighted by Crippen LogP contribution is 2.28. The van der Waals surface area contributed by atoms with Gasteiger partial charge in [0.1, 0.15) is 11.6 Å². The third kappa shape index (κ3) is 6.49. The van der Waals surface area contributed by atoms with Crippen LogP contribution in [0.2, 0.25) is 0 Å². The van der Waals surface area contributed by atoms with E-state index in [1.807, 2.05) is 26.8 Å². The van der Waals surface area contributed by atoms with Crippen LogP contribution in [0.3, 0.4) is 0 Å². The number of fused-ring (bicyclic) bond motifs is 1. The molecule has 0 bridgehead atoms. The number of ether oxygens (including phenoxy) is 1. The van der Waals surface area contributed by atoms with Crippen molar-refractivity contribution in [2.45, 2.75) is 64.5 Å². The zero-order valence-corrected chi connectivity index (χ0v) is 16.8. The lowest BCUT2D eigenvalue weighted by Gasteiger charge is -2.22. The monoisotopic (exact) mass is 358 g/mol. The Kier molecular flexibility index (Phi) is 7.27. The fraction of sp³-hybridized carbons (Fsp3) is 0.591. The number of rotatable bonds is 9. The van der Waals surface area contributed by atoms with Crippen LogP contribution in [0.1, 0.15) is 51.2 Å². The van der Waals surface area contributed by atoms with E-state index in [2.05, 4.69) is 42.0 Å². The van der Waals surface area contributed by atoms with Crippen LogP contribution < -0.4 is 5.32 Å². The summed E-state index contributed by atoms with van der Waals surface area (Å²) in [4.78, 5) is 14.6. The van der Waals surface area contributed by atoms with Gasteiger partial charge in [-0.3, -0.25) is 0 Å². The van der Waals surface area contributed by atoms with Crippen LogP contribution in [-0.2, 0) is 22.4 Å². The van der Waals surface area contributed by atoms with Gasteiger partial charge in [-0.05, 0) is 70.8 Å². The Bertz CT molecular complexity index is 619. The molecule has 1 N–H and O–H groups in total. The van der Waals surface area contributed by atoms with Gasteiger partial charge in [0.25, 0.3) is 0 Å². The van der Waals surface area contributed by atoms with Gasteiger partial charge in [-0.25, -0.2) is 4.79 Å². The highest BCUT2D eigenvalue weighted by atomic mass is 16.6. The van der Waals surface area contributed by atoms with Crippen LogP contribution in [0.25, 0.3) is 0 Å². The summed E-state index contributed by atoms with van der Waals surface area (Å²) in [6.45, 7) is 11.6. The Morgan fingerprint density at radius 2 is 2.12 bits per heavy atom. The van der Waals surface area contributed by atoms with Crippen LogP contribution in [0.4, 0.5) is 5.69 Å². The van der Waals surface area contributed by atoms with Gasteiger partial charge >= 0.3 is 5.97 Å². The van der Waals surface area contributed by atoms with Gasteiger partial charge in [-0.15, -0.1) is 6.58 Å². The molecule has 144 valence electrons. The summed E-state index contributed by atoms with van der Waals surface area (Å²) >= 11 is 0. The molecule has 4 nitrogen and oxygen atoms in total. The lowest BCUT2D eigenvalue weighted by molar-refractivity contribution is -0.155. The van der Waals surface area contributed by atoms with E-state index >= 15 is 0 Å². The minimum absolute atomic E-state index is 0.168. The van der Waals surface area contributed by atoms with E-state index in [0.29, 0.717) is 6.42 Å². The molecule has 0 fully saturated rings. The van der Waals surface area contributed by atoms with Gasteiger partial charge in [-0.1, -0.05) is 24.6 Å². The summed E-state index contributed by atoms with van der Waals surface area (Å²) in [7, 11) is 2.14. The lowest BCUT2D eigenvalue weighted by Crippen LogP contribution is -2.35. The van der Waals surface area contributed by atoms with Gasteiger partial charge in [-0.2, -0.15) is 0 Å². The highest BCUT2D eigenvalue weighted by molar-refractivity contribution is 5.83.